The number of hydrogen-bond acceptors (Lipinski definition) is 6. The first kappa shape index (κ1) is 17.6. The molecular formula is C15H14F3NO5. The third-order valence-corrected chi connectivity index (χ3v) is 2.85. The lowest BCUT2D eigenvalue weighted by Crippen LogP contribution is -2.42. The van der Waals surface area contributed by atoms with Crippen LogP contribution in [0.4, 0.5) is 18.9 Å². The zero-order valence-electron chi connectivity index (χ0n) is 13.0. The standard InChI is InChI=1S/C15H14F3NO5/c1-8-4-5-11(22-15(16,17)18)10(6-8)19-7-9-12(20)23-14(2,3)24-13(9)21/h4-7,19H,1-3H3. The van der Waals surface area contributed by atoms with Crippen molar-refractivity contribution in [1.29, 1.82) is 0 Å². The van der Waals surface area contributed by atoms with Crippen molar-refractivity contribution >= 4 is 17.6 Å². The summed E-state index contributed by atoms with van der Waals surface area (Å²) in [5.74, 6) is -3.81. The lowest BCUT2D eigenvalue weighted by Gasteiger charge is -2.29. The molecule has 0 unspecified atom stereocenters. The van der Waals surface area contributed by atoms with Crippen molar-refractivity contribution in [2.24, 2.45) is 0 Å². The number of aryl methyl sites for hydroxylation is 1. The molecule has 0 aliphatic carbocycles. The van der Waals surface area contributed by atoms with E-state index in [1.807, 2.05) is 0 Å². The summed E-state index contributed by atoms with van der Waals surface area (Å²) in [6, 6.07) is 3.90. The molecular weight excluding hydrogens is 331 g/mol. The molecule has 9 heteroatoms. The lowest BCUT2D eigenvalue weighted by atomic mass is 10.2. The second kappa shape index (κ2) is 6.06. The van der Waals surface area contributed by atoms with Gasteiger partial charge in [-0.1, -0.05) is 6.07 Å². The van der Waals surface area contributed by atoms with Gasteiger partial charge in [-0.05, 0) is 24.6 Å². The number of anilines is 1. The van der Waals surface area contributed by atoms with Gasteiger partial charge in [0, 0.05) is 20.0 Å². The molecule has 24 heavy (non-hydrogen) atoms. The summed E-state index contributed by atoms with van der Waals surface area (Å²) in [5, 5.41) is 2.45. The molecule has 2 rings (SSSR count). The molecule has 1 aliphatic rings. The summed E-state index contributed by atoms with van der Waals surface area (Å²) < 4.78 is 50.9. The van der Waals surface area contributed by atoms with E-state index in [0.29, 0.717) is 5.56 Å². The molecule has 1 heterocycles. The molecule has 1 fully saturated rings. The summed E-state index contributed by atoms with van der Waals surface area (Å²) in [6.45, 7) is 4.41. The van der Waals surface area contributed by atoms with Crippen LogP contribution in [0, 0.1) is 6.92 Å². The third kappa shape index (κ3) is 4.40. The Hall–Kier alpha value is -2.71. The molecule has 1 aromatic carbocycles. The Kier molecular flexibility index (Phi) is 4.46. The highest BCUT2D eigenvalue weighted by Crippen LogP contribution is 2.31. The molecule has 0 spiro atoms. The smallest absolute Gasteiger partial charge is 0.419 e. The Morgan fingerprint density at radius 2 is 1.75 bits per heavy atom. The van der Waals surface area contributed by atoms with E-state index in [2.05, 4.69) is 10.1 Å². The Bertz CT molecular complexity index is 688. The van der Waals surface area contributed by atoms with E-state index in [-0.39, 0.29) is 5.69 Å². The largest absolute Gasteiger partial charge is 0.573 e. The van der Waals surface area contributed by atoms with E-state index >= 15 is 0 Å². The number of hydrogen-bond donors (Lipinski definition) is 1. The molecule has 1 saturated heterocycles. The van der Waals surface area contributed by atoms with Crippen molar-refractivity contribution in [1.82, 2.24) is 0 Å². The monoisotopic (exact) mass is 345 g/mol. The predicted molar refractivity (Wildman–Crippen MR) is 75.8 cm³/mol. The molecule has 0 amide bonds. The number of benzene rings is 1. The fourth-order valence-corrected chi connectivity index (χ4v) is 1.90. The Balaban J connectivity index is 2.26. The normalized spacial score (nSPS) is 17.0. The van der Waals surface area contributed by atoms with Crippen molar-refractivity contribution in [3.05, 3.63) is 35.5 Å². The molecule has 0 radical (unpaired) electrons. The number of alkyl halides is 3. The Labute approximate surface area is 135 Å². The maximum Gasteiger partial charge on any atom is 0.573 e. The van der Waals surface area contributed by atoms with Crippen molar-refractivity contribution in [2.75, 3.05) is 5.32 Å². The van der Waals surface area contributed by atoms with Crippen molar-refractivity contribution in [3.8, 4) is 5.75 Å². The van der Waals surface area contributed by atoms with Crippen molar-refractivity contribution < 1.29 is 37.0 Å². The summed E-state index contributed by atoms with van der Waals surface area (Å²) in [5.41, 5.74) is 0.0828. The summed E-state index contributed by atoms with van der Waals surface area (Å²) in [7, 11) is 0. The number of ether oxygens (including phenoxy) is 3. The number of carbonyl (C=O) groups excluding carboxylic acids is 2. The zero-order chi connectivity index (χ0) is 18.1. The van der Waals surface area contributed by atoms with Crippen LogP contribution >= 0.6 is 0 Å². The fraction of sp³-hybridized carbons (Fsp3) is 0.333. The van der Waals surface area contributed by atoms with E-state index in [0.717, 1.165) is 12.3 Å². The minimum Gasteiger partial charge on any atom is -0.419 e. The average molecular weight is 345 g/mol. The topological polar surface area (TPSA) is 73.9 Å². The van der Waals surface area contributed by atoms with Crippen LogP contribution in [-0.2, 0) is 19.1 Å². The quantitative estimate of drug-likeness (QED) is 0.516. The van der Waals surface area contributed by atoms with E-state index in [1.165, 1.54) is 26.0 Å². The van der Waals surface area contributed by atoms with Crippen LogP contribution in [0.3, 0.4) is 0 Å². The van der Waals surface area contributed by atoms with E-state index in [1.54, 1.807) is 6.92 Å². The van der Waals surface area contributed by atoms with Gasteiger partial charge in [-0.2, -0.15) is 0 Å². The second-order valence-electron chi connectivity index (χ2n) is 5.43. The van der Waals surface area contributed by atoms with Gasteiger partial charge in [0.25, 0.3) is 5.79 Å². The SMILES string of the molecule is Cc1ccc(OC(F)(F)F)c(NC=C2C(=O)OC(C)(C)OC2=O)c1. The van der Waals surface area contributed by atoms with Gasteiger partial charge in [0.2, 0.25) is 0 Å². The highest BCUT2D eigenvalue weighted by molar-refractivity contribution is 6.15. The van der Waals surface area contributed by atoms with Gasteiger partial charge < -0.3 is 19.5 Å². The van der Waals surface area contributed by atoms with Crippen LogP contribution in [0.25, 0.3) is 0 Å². The average Bonchev–Trinajstić information content (AvgIpc) is 2.37. The second-order valence-corrected chi connectivity index (χ2v) is 5.43. The molecule has 0 saturated carbocycles. The number of esters is 2. The first-order valence-electron chi connectivity index (χ1n) is 6.77. The van der Waals surface area contributed by atoms with Crippen LogP contribution in [0.15, 0.2) is 30.0 Å². The summed E-state index contributed by atoms with van der Waals surface area (Å²) in [4.78, 5) is 23.6. The highest BCUT2D eigenvalue weighted by atomic mass is 19.4. The fourth-order valence-electron chi connectivity index (χ4n) is 1.90. The molecule has 1 N–H and O–H groups in total. The van der Waals surface area contributed by atoms with Gasteiger partial charge in [-0.3, -0.25) is 0 Å². The van der Waals surface area contributed by atoms with Gasteiger partial charge in [-0.15, -0.1) is 13.2 Å². The minimum atomic E-state index is -4.88. The highest BCUT2D eigenvalue weighted by Gasteiger charge is 2.39. The van der Waals surface area contributed by atoms with E-state index in [4.69, 9.17) is 9.47 Å². The number of cyclic esters (lactones) is 2. The number of carbonyl (C=O) groups is 2. The molecule has 130 valence electrons. The van der Waals surface area contributed by atoms with Crippen LogP contribution < -0.4 is 10.1 Å². The predicted octanol–water partition coefficient (Wildman–Crippen LogP) is 3.03. The van der Waals surface area contributed by atoms with E-state index in [9.17, 15) is 22.8 Å². The molecule has 0 aromatic heterocycles. The van der Waals surface area contributed by atoms with Gasteiger partial charge in [0.05, 0.1) is 5.69 Å². The van der Waals surface area contributed by atoms with Crippen LogP contribution in [0.2, 0.25) is 0 Å². The number of nitrogens with one attached hydrogen (secondary N) is 1. The molecule has 6 nitrogen and oxygen atoms in total. The maximum atomic E-state index is 12.4. The number of rotatable bonds is 3. The summed E-state index contributed by atoms with van der Waals surface area (Å²) >= 11 is 0. The molecule has 0 atom stereocenters. The van der Waals surface area contributed by atoms with Crippen molar-refractivity contribution in [2.45, 2.75) is 32.9 Å². The van der Waals surface area contributed by atoms with E-state index < -0.39 is 35.4 Å². The van der Waals surface area contributed by atoms with Crippen LogP contribution in [0.1, 0.15) is 19.4 Å². The maximum absolute atomic E-state index is 12.4. The van der Waals surface area contributed by atoms with Gasteiger partial charge in [-0.25, -0.2) is 9.59 Å². The van der Waals surface area contributed by atoms with Crippen molar-refractivity contribution in [3.63, 3.8) is 0 Å². The molecule has 1 aromatic rings. The first-order valence-corrected chi connectivity index (χ1v) is 6.77. The van der Waals surface area contributed by atoms with Crippen LogP contribution in [-0.4, -0.2) is 24.1 Å². The molecule has 0 bridgehead atoms. The molecule has 1 aliphatic heterocycles. The van der Waals surface area contributed by atoms with Crippen LogP contribution in [0.5, 0.6) is 5.75 Å². The minimum absolute atomic E-state index is 0.0785. The lowest BCUT2D eigenvalue weighted by molar-refractivity contribution is -0.274. The van der Waals surface area contributed by atoms with Gasteiger partial charge in [0.1, 0.15) is 0 Å². The Morgan fingerprint density at radius 3 is 2.29 bits per heavy atom. The third-order valence-electron chi connectivity index (χ3n) is 2.85. The van der Waals surface area contributed by atoms with Gasteiger partial charge in [0.15, 0.2) is 11.3 Å². The van der Waals surface area contributed by atoms with Gasteiger partial charge >= 0.3 is 18.3 Å². The first-order chi connectivity index (χ1) is 11.0. The Morgan fingerprint density at radius 1 is 1.17 bits per heavy atom. The summed E-state index contributed by atoms with van der Waals surface area (Å²) in [6.07, 6.45) is -3.97. The zero-order valence-corrected chi connectivity index (χ0v) is 13.0. The number of halogens is 3.